The fraction of sp³-hybridized carbons (Fsp3) is 0.350. The molecule has 0 aliphatic carbocycles. The van der Waals surface area contributed by atoms with Gasteiger partial charge in [-0.1, -0.05) is 6.07 Å². The van der Waals surface area contributed by atoms with Crippen molar-refractivity contribution >= 4 is 15.9 Å². The summed E-state index contributed by atoms with van der Waals surface area (Å²) in [6.45, 7) is 2.62. The molecule has 1 aliphatic heterocycles. The van der Waals surface area contributed by atoms with E-state index in [1.165, 1.54) is 31.8 Å². The van der Waals surface area contributed by atoms with Gasteiger partial charge in [0.2, 0.25) is 10.0 Å². The Kier molecular flexibility index (Phi) is 5.26. The minimum absolute atomic E-state index is 0.0819. The van der Waals surface area contributed by atoms with Gasteiger partial charge in [-0.2, -0.15) is 0 Å². The quantitative estimate of drug-likeness (QED) is 0.808. The smallest absolute Gasteiger partial charge is 0.254 e. The average Bonchev–Trinajstić information content (AvgIpc) is 2.67. The Balaban J connectivity index is 1.86. The number of sulfonamides is 1. The molecule has 6 nitrogen and oxygen atoms in total. The van der Waals surface area contributed by atoms with Crippen molar-refractivity contribution in [2.75, 3.05) is 27.7 Å². The van der Waals surface area contributed by atoms with Crippen molar-refractivity contribution in [3.05, 3.63) is 59.2 Å². The van der Waals surface area contributed by atoms with Crippen LogP contribution in [0.15, 0.2) is 47.4 Å². The van der Waals surface area contributed by atoms with E-state index in [1.807, 2.05) is 30.0 Å². The summed E-state index contributed by atoms with van der Waals surface area (Å²) in [7, 11) is 1.08. The lowest BCUT2D eigenvalue weighted by molar-refractivity contribution is 0.0677. The molecule has 0 N–H and O–H groups in total. The number of rotatable bonds is 4. The predicted molar refractivity (Wildman–Crippen MR) is 103 cm³/mol. The van der Waals surface area contributed by atoms with E-state index in [9.17, 15) is 13.2 Å². The molecule has 3 rings (SSSR count). The van der Waals surface area contributed by atoms with E-state index in [0.29, 0.717) is 12.1 Å². The number of ether oxygens (including phenoxy) is 1. The number of fused-ring (bicyclic) bond motifs is 1. The second-order valence-electron chi connectivity index (χ2n) is 6.80. The summed E-state index contributed by atoms with van der Waals surface area (Å²) < 4.78 is 30.8. The number of carbonyl (C=O) groups is 1. The lowest BCUT2D eigenvalue weighted by Gasteiger charge is -2.35. The van der Waals surface area contributed by atoms with Crippen LogP contribution in [0, 0.1) is 0 Å². The summed E-state index contributed by atoms with van der Waals surface area (Å²) in [4.78, 5) is 15.0. The molecule has 0 spiro atoms. The molecule has 1 atom stereocenters. The minimum Gasteiger partial charge on any atom is -0.497 e. The normalized spacial score (nSPS) is 16.9. The molecule has 27 heavy (non-hydrogen) atoms. The van der Waals surface area contributed by atoms with Gasteiger partial charge in [0.25, 0.3) is 5.91 Å². The van der Waals surface area contributed by atoms with Crippen molar-refractivity contribution in [3.8, 4) is 5.75 Å². The molecule has 0 saturated heterocycles. The van der Waals surface area contributed by atoms with Crippen LogP contribution in [0.25, 0.3) is 0 Å². The zero-order valence-corrected chi connectivity index (χ0v) is 16.8. The van der Waals surface area contributed by atoms with E-state index in [-0.39, 0.29) is 16.8 Å². The van der Waals surface area contributed by atoms with E-state index in [2.05, 4.69) is 0 Å². The molecule has 0 saturated carbocycles. The third kappa shape index (κ3) is 3.57. The second kappa shape index (κ2) is 7.32. The van der Waals surface area contributed by atoms with Crippen LogP contribution in [0.2, 0.25) is 0 Å². The topological polar surface area (TPSA) is 66.9 Å². The molecule has 1 unspecified atom stereocenters. The first-order valence-corrected chi connectivity index (χ1v) is 10.2. The lowest BCUT2D eigenvalue weighted by Crippen LogP contribution is -2.38. The second-order valence-corrected chi connectivity index (χ2v) is 8.95. The Bertz CT molecular complexity index is 952. The van der Waals surface area contributed by atoms with Gasteiger partial charge in [-0.25, -0.2) is 12.7 Å². The maximum Gasteiger partial charge on any atom is 0.254 e. The average molecular weight is 388 g/mol. The number of carbonyl (C=O) groups excluding carboxylic acids is 1. The molecule has 1 aliphatic rings. The molecule has 0 radical (unpaired) electrons. The minimum atomic E-state index is -3.51. The molecule has 0 fully saturated rings. The molecule has 1 heterocycles. The first-order chi connectivity index (χ1) is 12.8. The molecular formula is C20H24N2O4S. The van der Waals surface area contributed by atoms with Crippen molar-refractivity contribution in [1.29, 1.82) is 0 Å². The Morgan fingerprint density at radius 2 is 1.81 bits per heavy atom. The van der Waals surface area contributed by atoms with Crippen LogP contribution in [-0.2, 0) is 16.4 Å². The van der Waals surface area contributed by atoms with Crippen molar-refractivity contribution in [2.24, 2.45) is 0 Å². The number of nitrogens with zero attached hydrogens (tertiary/aromatic N) is 2. The number of hydrogen-bond acceptors (Lipinski definition) is 4. The summed E-state index contributed by atoms with van der Waals surface area (Å²) in [6, 6.07) is 12.0. The Morgan fingerprint density at radius 3 is 2.41 bits per heavy atom. The van der Waals surface area contributed by atoms with Crippen LogP contribution in [0.4, 0.5) is 0 Å². The van der Waals surface area contributed by atoms with Gasteiger partial charge < -0.3 is 9.64 Å². The highest BCUT2D eigenvalue weighted by Crippen LogP contribution is 2.33. The molecule has 2 aromatic rings. The highest BCUT2D eigenvalue weighted by Gasteiger charge is 2.29. The number of hydrogen-bond donors (Lipinski definition) is 0. The summed E-state index contributed by atoms with van der Waals surface area (Å²) in [5.41, 5.74) is 2.78. The Hall–Kier alpha value is -2.38. The van der Waals surface area contributed by atoms with E-state index in [4.69, 9.17) is 4.74 Å². The number of methoxy groups -OCH3 is 1. The van der Waals surface area contributed by atoms with Crippen LogP contribution < -0.4 is 4.74 Å². The van der Waals surface area contributed by atoms with Crippen molar-refractivity contribution < 1.29 is 17.9 Å². The zero-order valence-electron chi connectivity index (χ0n) is 16.0. The maximum absolute atomic E-state index is 13.0. The van der Waals surface area contributed by atoms with Gasteiger partial charge in [0, 0.05) is 26.2 Å². The van der Waals surface area contributed by atoms with Gasteiger partial charge in [0.15, 0.2) is 0 Å². The van der Waals surface area contributed by atoms with Crippen LogP contribution in [-0.4, -0.2) is 51.3 Å². The summed E-state index contributed by atoms with van der Waals surface area (Å²) in [6.07, 6.45) is 0.780. The number of amides is 1. The molecule has 7 heteroatoms. The summed E-state index contributed by atoms with van der Waals surface area (Å²) in [5, 5.41) is 0. The van der Waals surface area contributed by atoms with Crippen molar-refractivity contribution in [1.82, 2.24) is 9.21 Å². The lowest BCUT2D eigenvalue weighted by atomic mass is 9.92. The monoisotopic (exact) mass is 388 g/mol. The van der Waals surface area contributed by atoms with Crippen LogP contribution >= 0.6 is 0 Å². The Labute approximate surface area is 160 Å². The fourth-order valence-electron chi connectivity index (χ4n) is 3.34. The molecule has 144 valence electrons. The van der Waals surface area contributed by atoms with E-state index in [0.717, 1.165) is 22.0 Å². The van der Waals surface area contributed by atoms with Crippen molar-refractivity contribution in [2.45, 2.75) is 24.3 Å². The van der Waals surface area contributed by atoms with Gasteiger partial charge in [0.1, 0.15) is 5.75 Å². The highest BCUT2D eigenvalue weighted by molar-refractivity contribution is 7.89. The molecule has 1 amide bonds. The standard InChI is InChI=1S/C20H24N2O4S/c1-14-19-13-17(26-4)8-5-15(19)11-12-22(14)20(23)16-6-9-18(10-7-16)27(24,25)21(2)3/h5-10,13-14H,11-12H2,1-4H3. The summed E-state index contributed by atoms with van der Waals surface area (Å²) >= 11 is 0. The van der Waals surface area contributed by atoms with E-state index >= 15 is 0 Å². The zero-order chi connectivity index (χ0) is 19.8. The third-order valence-electron chi connectivity index (χ3n) is 5.03. The maximum atomic E-state index is 13.0. The predicted octanol–water partition coefficient (Wildman–Crippen LogP) is 2.71. The SMILES string of the molecule is COc1ccc2c(c1)C(C)N(C(=O)c1ccc(S(=O)(=O)N(C)C)cc1)CC2. The van der Waals surface area contributed by atoms with E-state index < -0.39 is 10.0 Å². The highest BCUT2D eigenvalue weighted by atomic mass is 32.2. The largest absolute Gasteiger partial charge is 0.497 e. The van der Waals surface area contributed by atoms with Gasteiger partial charge in [-0.15, -0.1) is 0 Å². The third-order valence-corrected chi connectivity index (χ3v) is 6.86. The molecule has 2 aromatic carbocycles. The van der Waals surface area contributed by atoms with Gasteiger partial charge in [-0.3, -0.25) is 4.79 Å². The first-order valence-electron chi connectivity index (χ1n) is 8.76. The van der Waals surface area contributed by atoms with Crippen molar-refractivity contribution in [3.63, 3.8) is 0 Å². The van der Waals surface area contributed by atoms with Gasteiger partial charge in [-0.05, 0) is 60.9 Å². The fourth-order valence-corrected chi connectivity index (χ4v) is 4.24. The first kappa shape index (κ1) is 19.4. The van der Waals surface area contributed by atoms with Crippen LogP contribution in [0.3, 0.4) is 0 Å². The van der Waals surface area contributed by atoms with Crippen LogP contribution in [0.5, 0.6) is 5.75 Å². The van der Waals surface area contributed by atoms with Gasteiger partial charge >= 0.3 is 0 Å². The molecule has 0 bridgehead atoms. The van der Waals surface area contributed by atoms with Crippen LogP contribution in [0.1, 0.15) is 34.5 Å². The number of benzene rings is 2. The Morgan fingerprint density at radius 1 is 1.15 bits per heavy atom. The van der Waals surface area contributed by atoms with E-state index in [1.54, 1.807) is 19.2 Å². The summed E-state index contributed by atoms with van der Waals surface area (Å²) in [5.74, 6) is 0.665. The van der Waals surface area contributed by atoms with Gasteiger partial charge in [0.05, 0.1) is 18.0 Å². The molecular weight excluding hydrogens is 364 g/mol. The molecule has 0 aromatic heterocycles.